The molecule has 11 unspecified atom stereocenters. The van der Waals surface area contributed by atoms with Crippen molar-refractivity contribution < 1.29 is 59.6 Å². The van der Waals surface area contributed by atoms with Crippen LogP contribution in [0, 0.1) is 96.7 Å². The smallest absolute Gasteiger partial charge is 0.660 e. The molecule has 11 atom stereocenters. The zero-order chi connectivity index (χ0) is 26.6. The van der Waals surface area contributed by atoms with Gasteiger partial charge in [0.1, 0.15) is 0 Å². The number of hydrogen-bond acceptors (Lipinski definition) is 2. The van der Waals surface area contributed by atoms with Crippen LogP contribution in [0.15, 0.2) is 11.8 Å². The van der Waals surface area contributed by atoms with E-state index in [9.17, 15) is 10.2 Å². The van der Waals surface area contributed by atoms with Gasteiger partial charge in [-0.1, -0.05) is 102 Å². The third-order valence-electron chi connectivity index (χ3n) is 12.7. The monoisotopic (exact) mass is 691 g/mol. The molecule has 0 aromatic carbocycles. The van der Waals surface area contributed by atoms with E-state index in [0.717, 1.165) is 67.9 Å². The van der Waals surface area contributed by atoms with Gasteiger partial charge in [0.15, 0.2) is 0 Å². The van der Waals surface area contributed by atoms with Gasteiger partial charge in [-0.25, -0.2) is 0 Å². The van der Waals surface area contributed by atoms with Gasteiger partial charge in [0.2, 0.25) is 0 Å². The summed E-state index contributed by atoms with van der Waals surface area (Å²) in [6.45, 7) is 2.22. The number of nitrogens with zero attached hydrogens (tertiary/aromatic N) is 2. The van der Waals surface area contributed by atoms with Crippen molar-refractivity contribution in [2.24, 2.45) is 47.3 Å². The first-order valence-corrected chi connectivity index (χ1v) is 17.6. The molecule has 0 bridgehead atoms. The van der Waals surface area contributed by atoms with E-state index in [1.54, 1.807) is 0 Å². The van der Waals surface area contributed by atoms with Crippen LogP contribution in [0.2, 0.25) is 0 Å². The first-order chi connectivity index (χ1) is 19.2. The van der Waals surface area contributed by atoms with Crippen molar-refractivity contribution in [3.8, 4) is 0 Å². The maximum absolute atomic E-state index is 10.8. The van der Waals surface area contributed by atoms with Crippen LogP contribution in [0.3, 0.4) is 0 Å². The molecular formula is C35H58EuN2O2. The molecule has 227 valence electrons. The molecule has 5 aliphatic carbocycles. The van der Waals surface area contributed by atoms with Crippen LogP contribution >= 0.6 is 0 Å². The van der Waals surface area contributed by atoms with E-state index in [-0.39, 0.29) is 49.4 Å². The molecule has 5 heteroatoms. The van der Waals surface area contributed by atoms with Gasteiger partial charge in [-0.3, -0.25) is 0 Å². The molecule has 0 amide bonds. The van der Waals surface area contributed by atoms with Gasteiger partial charge in [0, 0.05) is 5.92 Å². The maximum atomic E-state index is 10.8. The minimum absolute atomic E-state index is 0. The number of piperidine rings is 2. The molecule has 7 aliphatic rings. The van der Waals surface area contributed by atoms with Gasteiger partial charge in [0.05, 0.1) is 11.9 Å². The molecule has 0 aromatic heterocycles. The van der Waals surface area contributed by atoms with Crippen molar-refractivity contribution in [3.63, 3.8) is 0 Å². The topological polar surface area (TPSA) is 68.7 Å². The molecule has 5 saturated carbocycles. The van der Waals surface area contributed by atoms with Crippen molar-refractivity contribution in [1.29, 1.82) is 0 Å². The average molecular weight is 691 g/mol. The average Bonchev–Trinajstić information content (AvgIpc) is 3.00. The summed E-state index contributed by atoms with van der Waals surface area (Å²) >= 11 is 0. The predicted octanol–water partition coefficient (Wildman–Crippen LogP) is 9.09. The van der Waals surface area contributed by atoms with Gasteiger partial charge in [-0.05, 0) is 74.2 Å². The summed E-state index contributed by atoms with van der Waals surface area (Å²) in [5.74, 6) is 6.53. The van der Waals surface area contributed by atoms with Crippen LogP contribution in [0.5, 0.6) is 0 Å². The Labute approximate surface area is 286 Å². The Balaban J connectivity index is 0.000000182. The Morgan fingerprint density at radius 3 is 1.62 bits per heavy atom. The molecule has 1 radical (unpaired) electrons. The number of fused-ring (bicyclic) bond motifs is 5. The summed E-state index contributed by atoms with van der Waals surface area (Å²) in [7, 11) is 0. The molecule has 0 aromatic rings. The van der Waals surface area contributed by atoms with E-state index in [1.165, 1.54) is 109 Å². The van der Waals surface area contributed by atoms with E-state index in [0.29, 0.717) is 29.7 Å². The quantitative estimate of drug-likeness (QED) is 0.290. The van der Waals surface area contributed by atoms with Crippen molar-refractivity contribution in [2.75, 3.05) is 13.1 Å². The summed E-state index contributed by atoms with van der Waals surface area (Å²) in [4.78, 5) is 0. The molecule has 4 nitrogen and oxygen atoms in total. The Hall–Kier alpha value is 1.00. The number of rotatable bonds is 3. The number of aliphatic hydroxyl groups excluding tert-OH is 2. The minimum atomic E-state index is -0.424. The van der Waals surface area contributed by atoms with E-state index in [4.69, 9.17) is 10.6 Å². The second-order valence-corrected chi connectivity index (χ2v) is 14.9. The fraction of sp³-hybridized carbons (Fsp3) is 0.943. The number of hydrogen-bond donors (Lipinski definition) is 2. The van der Waals surface area contributed by atoms with E-state index >= 15 is 0 Å². The van der Waals surface area contributed by atoms with Crippen LogP contribution in [-0.2, 0) is 0 Å². The fourth-order valence-corrected chi connectivity index (χ4v) is 10.5. The minimum Gasteiger partial charge on any atom is -0.660 e. The Bertz CT molecular complexity index is 784. The largest absolute Gasteiger partial charge is 2.00 e. The van der Waals surface area contributed by atoms with Gasteiger partial charge in [0.25, 0.3) is 0 Å². The molecule has 2 heterocycles. The first-order valence-electron chi connectivity index (χ1n) is 17.6. The van der Waals surface area contributed by atoms with E-state index in [2.05, 4.69) is 0 Å². The van der Waals surface area contributed by atoms with Crippen molar-refractivity contribution >= 4 is 0 Å². The van der Waals surface area contributed by atoms with E-state index < -0.39 is 6.10 Å². The van der Waals surface area contributed by atoms with E-state index in [1.807, 2.05) is 6.08 Å². The number of allylic oxidation sites excluding steroid dienone is 1. The van der Waals surface area contributed by atoms with Crippen LogP contribution in [0.4, 0.5) is 0 Å². The molecule has 40 heavy (non-hydrogen) atoms. The molecule has 2 saturated heterocycles. The Morgan fingerprint density at radius 2 is 1.02 bits per heavy atom. The fourth-order valence-electron chi connectivity index (χ4n) is 10.5. The maximum Gasteiger partial charge on any atom is 2.00 e. The molecule has 7 rings (SSSR count). The van der Waals surface area contributed by atoms with Crippen molar-refractivity contribution in [3.05, 3.63) is 22.5 Å². The zero-order valence-corrected chi connectivity index (χ0v) is 27.6. The summed E-state index contributed by atoms with van der Waals surface area (Å²) in [5.41, 5.74) is 0. The zero-order valence-electron chi connectivity index (χ0n) is 25.2. The van der Waals surface area contributed by atoms with Crippen LogP contribution < -0.4 is 0 Å². The first kappa shape index (κ1) is 32.4. The third kappa shape index (κ3) is 7.98. The van der Waals surface area contributed by atoms with Gasteiger partial charge in [-0.15, -0.1) is 25.2 Å². The molecule has 2 N–H and O–H groups in total. The molecule has 2 aliphatic heterocycles. The summed E-state index contributed by atoms with van der Waals surface area (Å²) < 4.78 is 0. The van der Waals surface area contributed by atoms with Crippen LogP contribution in [0.25, 0.3) is 10.6 Å². The van der Waals surface area contributed by atoms with Gasteiger partial charge in [-0.2, -0.15) is 0 Å². The Morgan fingerprint density at radius 1 is 0.550 bits per heavy atom. The van der Waals surface area contributed by atoms with Crippen LogP contribution in [-0.4, -0.2) is 41.5 Å². The standard InChI is InChI=1S/C23H38O2.C12H20N2.Eu/c24-22(20-11-9-16-5-1-3-7-18(16)13-20)15-23(25)21-12-10-17-6-2-4-8-19(17)14-21;1-3-9-5-6-10-4-2-8-14-12(10)11(9)13-7-1;/h15-22,24-25H,1-14H2;9-12H,1-8H2;/q;-2;+2/b23-15-;;. The Kier molecular flexibility index (Phi) is 12.8. The van der Waals surface area contributed by atoms with Gasteiger partial charge < -0.3 is 20.8 Å². The molecule has 0 spiro atoms. The molecule has 7 fully saturated rings. The van der Waals surface area contributed by atoms with Crippen LogP contribution in [0.1, 0.15) is 128 Å². The van der Waals surface area contributed by atoms with Gasteiger partial charge >= 0.3 is 49.4 Å². The SMILES string of the molecule is C1C[N-]C2C(C1)CCC1CCC[N-]C12.O/C(=C\C(O)C1CCC2CCCCC2C1)C1CCC2CCCCC2C1.[Eu+2]. The molecular weight excluding hydrogens is 632 g/mol. The van der Waals surface area contributed by atoms with Crippen molar-refractivity contribution in [1.82, 2.24) is 0 Å². The second kappa shape index (κ2) is 15.8. The summed E-state index contributed by atoms with van der Waals surface area (Å²) in [5, 5.41) is 31.1. The summed E-state index contributed by atoms with van der Waals surface area (Å²) in [6, 6.07) is 1.26. The number of aliphatic hydroxyl groups is 2. The summed E-state index contributed by atoms with van der Waals surface area (Å²) in [6.07, 6.45) is 28.2. The van der Waals surface area contributed by atoms with Crippen molar-refractivity contribution in [2.45, 2.75) is 147 Å². The predicted molar refractivity (Wildman–Crippen MR) is 161 cm³/mol. The second-order valence-electron chi connectivity index (χ2n) is 14.9. The normalized spacial score (nSPS) is 44.2. The third-order valence-corrected chi connectivity index (χ3v) is 12.7.